The lowest BCUT2D eigenvalue weighted by Gasteiger charge is -2.34. The van der Waals surface area contributed by atoms with Gasteiger partial charge in [0.2, 0.25) is 17.8 Å². The molecule has 3 N–H and O–H groups in total. The number of nitrogens with one attached hydrogen (secondary N) is 3. The molecule has 366 valence electrons. The second kappa shape index (κ2) is 24.3. The van der Waals surface area contributed by atoms with E-state index in [4.69, 9.17) is 33.7 Å². The Bertz CT molecular complexity index is 2330. The number of anilines is 2. The molecule has 2 saturated heterocycles. The molecule has 1 saturated carbocycles. The maximum absolute atomic E-state index is 13.2. The molecule has 18 heteroatoms. The first-order valence-electron chi connectivity index (χ1n) is 24.3. The molecule has 18 nitrogen and oxygen atoms in total. The molecule has 4 amide bonds. The summed E-state index contributed by atoms with van der Waals surface area (Å²) >= 11 is 0. The lowest BCUT2D eigenvalue weighted by atomic mass is 9.95. The third-order valence-corrected chi connectivity index (χ3v) is 13.2. The Labute approximate surface area is 398 Å². The smallest absolute Gasteiger partial charge is 0.264 e. The van der Waals surface area contributed by atoms with E-state index < -0.39 is 29.7 Å². The summed E-state index contributed by atoms with van der Waals surface area (Å²) < 4.78 is 30.6. The zero-order valence-electron chi connectivity index (χ0n) is 39.5. The number of carbonyl (C=O) groups excluding carboxylic acids is 4. The molecular weight excluding hydrogens is 871 g/mol. The highest BCUT2D eigenvalue weighted by Gasteiger charge is 2.45. The van der Waals surface area contributed by atoms with Crippen molar-refractivity contribution >= 4 is 46.3 Å². The van der Waals surface area contributed by atoms with Gasteiger partial charge in [-0.2, -0.15) is 4.98 Å². The summed E-state index contributed by atoms with van der Waals surface area (Å²) in [6.07, 6.45) is 10.7. The number of aromatic nitrogens is 3. The molecule has 3 fully saturated rings. The van der Waals surface area contributed by atoms with Gasteiger partial charge in [0.15, 0.2) is 0 Å². The van der Waals surface area contributed by atoms with Crippen LogP contribution in [0.15, 0.2) is 54.9 Å². The quantitative estimate of drug-likeness (QED) is 0.0610. The van der Waals surface area contributed by atoms with Gasteiger partial charge in [-0.15, -0.1) is 0 Å². The van der Waals surface area contributed by atoms with E-state index in [1.54, 1.807) is 25.3 Å². The first kappa shape index (κ1) is 49.1. The van der Waals surface area contributed by atoms with Crippen LogP contribution in [0.25, 0.3) is 22.2 Å². The van der Waals surface area contributed by atoms with Gasteiger partial charge in [0.25, 0.3) is 11.8 Å². The standard InChI is InChI=1S/C50H67N9O9/c1-35(34-64-2)53-50-52-31-40-41(33-58(46(40)55-50)38-7-4-3-5-8-38)37-13-11-36(12-14-37)32-57-20-18-56(19-21-57)22-24-66-26-28-68-30-29-67-27-25-65-23-17-51-42-10-6-9-39-45(42)49(63)59(48(39)62)43-15-16-44(60)54-47(43)61/h6,9-14,31,33,35,38,43,51H,3-5,7-8,15-30,32,34H2,1-2H3,(H,52,53,55)(H,54,60,61)/t35-,43?/m0/s1. The van der Waals surface area contributed by atoms with E-state index >= 15 is 0 Å². The lowest BCUT2D eigenvalue weighted by molar-refractivity contribution is -0.136. The summed E-state index contributed by atoms with van der Waals surface area (Å²) in [4.78, 5) is 65.9. The van der Waals surface area contributed by atoms with Crippen LogP contribution in [0, 0.1) is 0 Å². The highest BCUT2D eigenvalue weighted by Crippen LogP contribution is 2.37. The molecule has 1 aliphatic carbocycles. The molecule has 0 bridgehead atoms. The summed E-state index contributed by atoms with van der Waals surface area (Å²) in [7, 11) is 1.71. The third kappa shape index (κ3) is 12.5. The molecule has 5 heterocycles. The van der Waals surface area contributed by atoms with Crippen molar-refractivity contribution in [2.75, 3.05) is 116 Å². The number of amides is 4. The van der Waals surface area contributed by atoms with E-state index in [1.165, 1.54) is 48.8 Å². The van der Waals surface area contributed by atoms with Gasteiger partial charge < -0.3 is 38.9 Å². The van der Waals surface area contributed by atoms with Crippen LogP contribution in [0.5, 0.6) is 0 Å². The van der Waals surface area contributed by atoms with Crippen molar-refractivity contribution < 1.29 is 42.9 Å². The van der Waals surface area contributed by atoms with Crippen LogP contribution in [-0.2, 0) is 39.8 Å². The van der Waals surface area contributed by atoms with Crippen molar-refractivity contribution in [2.24, 2.45) is 0 Å². The third-order valence-electron chi connectivity index (χ3n) is 13.2. The van der Waals surface area contributed by atoms with Gasteiger partial charge >= 0.3 is 0 Å². The molecule has 68 heavy (non-hydrogen) atoms. The monoisotopic (exact) mass is 938 g/mol. The van der Waals surface area contributed by atoms with E-state index in [2.05, 4.69) is 67.7 Å². The summed E-state index contributed by atoms with van der Waals surface area (Å²) in [6.45, 7) is 12.7. The van der Waals surface area contributed by atoms with Gasteiger partial charge in [-0.25, -0.2) is 4.98 Å². The summed E-state index contributed by atoms with van der Waals surface area (Å²) in [6, 6.07) is 13.6. The van der Waals surface area contributed by atoms with Crippen molar-refractivity contribution in [3.8, 4) is 11.1 Å². The van der Waals surface area contributed by atoms with Gasteiger partial charge in [-0.3, -0.25) is 39.2 Å². The van der Waals surface area contributed by atoms with Crippen LogP contribution < -0.4 is 16.0 Å². The van der Waals surface area contributed by atoms with Gasteiger partial charge in [0.05, 0.1) is 70.6 Å². The van der Waals surface area contributed by atoms with E-state index in [-0.39, 0.29) is 30.0 Å². The number of methoxy groups -OCH3 is 1. The molecule has 2 atom stereocenters. The number of hydrogen-bond acceptors (Lipinski definition) is 15. The van der Waals surface area contributed by atoms with Gasteiger partial charge in [-0.1, -0.05) is 49.6 Å². The first-order chi connectivity index (χ1) is 33.3. The van der Waals surface area contributed by atoms with Crippen LogP contribution >= 0.6 is 0 Å². The molecule has 3 aliphatic heterocycles. The van der Waals surface area contributed by atoms with Crippen LogP contribution in [-0.4, -0.2) is 171 Å². The Kier molecular flexibility index (Phi) is 17.5. The molecule has 0 radical (unpaired) electrons. The molecule has 2 aromatic heterocycles. The summed E-state index contributed by atoms with van der Waals surface area (Å²) in [5.41, 5.74) is 5.64. The van der Waals surface area contributed by atoms with E-state index in [1.807, 2.05) is 6.20 Å². The van der Waals surface area contributed by atoms with E-state index in [9.17, 15) is 19.2 Å². The Morgan fingerprint density at radius 1 is 0.779 bits per heavy atom. The maximum Gasteiger partial charge on any atom is 0.264 e. The van der Waals surface area contributed by atoms with Crippen LogP contribution in [0.3, 0.4) is 0 Å². The van der Waals surface area contributed by atoms with Crippen molar-refractivity contribution in [1.82, 2.24) is 34.6 Å². The van der Waals surface area contributed by atoms with E-state index in [0.29, 0.717) is 83.7 Å². The fourth-order valence-corrected chi connectivity index (χ4v) is 9.57. The number of carbonyl (C=O) groups is 4. The summed E-state index contributed by atoms with van der Waals surface area (Å²) in [5, 5.41) is 9.87. The number of imide groups is 2. The van der Waals surface area contributed by atoms with Gasteiger partial charge in [0.1, 0.15) is 11.7 Å². The molecule has 2 aromatic carbocycles. The minimum Gasteiger partial charge on any atom is -0.383 e. The molecular formula is C50H67N9O9. The number of ether oxygens (including phenoxy) is 5. The predicted octanol–water partition coefficient (Wildman–Crippen LogP) is 4.75. The normalized spacial score (nSPS) is 18.9. The number of fused-ring (bicyclic) bond motifs is 2. The number of piperidine rings is 1. The average Bonchev–Trinajstić information content (AvgIpc) is 3.85. The topological polar surface area (TPSA) is 191 Å². The van der Waals surface area contributed by atoms with Crippen molar-refractivity contribution in [2.45, 2.75) is 76.5 Å². The predicted molar refractivity (Wildman–Crippen MR) is 257 cm³/mol. The fraction of sp³-hybridized carbons (Fsp3) is 0.560. The molecule has 4 aromatic rings. The molecule has 1 unspecified atom stereocenters. The Balaban J connectivity index is 0.653. The molecule has 4 aliphatic rings. The number of hydrogen-bond donors (Lipinski definition) is 3. The Morgan fingerprint density at radius 3 is 2.18 bits per heavy atom. The Hall–Kier alpha value is -5.34. The van der Waals surface area contributed by atoms with Gasteiger partial charge in [-0.05, 0) is 49.4 Å². The molecule has 8 rings (SSSR count). The fourth-order valence-electron chi connectivity index (χ4n) is 9.57. The zero-order valence-corrected chi connectivity index (χ0v) is 39.5. The number of rotatable bonds is 25. The SMILES string of the molecule is COC[C@H](C)Nc1ncc2c(-c3ccc(CN4CCN(CCOCCOCCOCCOCCNc5cccc6c5C(=O)N(C5CCC(=O)NC5=O)C6=O)CC4)cc3)cn(C3CCCCC3)c2n1. The van der Waals surface area contributed by atoms with Crippen LogP contribution in [0.1, 0.15) is 84.2 Å². The van der Waals surface area contributed by atoms with Crippen molar-refractivity contribution in [3.05, 3.63) is 71.5 Å². The molecule has 0 spiro atoms. The van der Waals surface area contributed by atoms with Gasteiger partial charge in [0, 0.05) is 100 Å². The van der Waals surface area contributed by atoms with Crippen molar-refractivity contribution in [1.29, 1.82) is 0 Å². The second-order valence-corrected chi connectivity index (χ2v) is 18.0. The van der Waals surface area contributed by atoms with E-state index in [0.717, 1.165) is 55.2 Å². The average molecular weight is 938 g/mol. The largest absolute Gasteiger partial charge is 0.383 e. The minimum absolute atomic E-state index is 0.0702. The van der Waals surface area contributed by atoms with Crippen LogP contribution in [0.2, 0.25) is 0 Å². The summed E-state index contributed by atoms with van der Waals surface area (Å²) in [5.74, 6) is -1.49. The van der Waals surface area contributed by atoms with Crippen molar-refractivity contribution in [3.63, 3.8) is 0 Å². The first-order valence-corrected chi connectivity index (χ1v) is 24.3. The van der Waals surface area contributed by atoms with Crippen LogP contribution in [0.4, 0.5) is 11.6 Å². The number of piperazine rings is 1. The maximum atomic E-state index is 13.2. The highest BCUT2D eigenvalue weighted by atomic mass is 16.6. The Morgan fingerprint density at radius 2 is 1.47 bits per heavy atom. The minimum atomic E-state index is -1.01. The second-order valence-electron chi connectivity index (χ2n) is 18.0. The lowest BCUT2D eigenvalue weighted by Crippen LogP contribution is -2.54. The zero-order chi connectivity index (χ0) is 47.2. The number of nitrogens with zero attached hydrogens (tertiary/aromatic N) is 6. The number of benzene rings is 2. The highest BCUT2D eigenvalue weighted by molar-refractivity contribution is 6.25.